The van der Waals surface area contributed by atoms with Gasteiger partial charge in [-0.05, 0) is 17.7 Å². The van der Waals surface area contributed by atoms with Crippen molar-refractivity contribution in [2.24, 2.45) is 5.73 Å². The van der Waals surface area contributed by atoms with E-state index in [1.165, 1.54) is 0 Å². The van der Waals surface area contributed by atoms with E-state index in [0.29, 0.717) is 11.1 Å². The van der Waals surface area contributed by atoms with Gasteiger partial charge in [-0.1, -0.05) is 12.1 Å². The molecule has 0 bridgehead atoms. The van der Waals surface area contributed by atoms with Gasteiger partial charge < -0.3 is 10.8 Å². The summed E-state index contributed by atoms with van der Waals surface area (Å²) in [6.45, 7) is 0. The molecule has 0 saturated carbocycles. The first-order valence-electron chi connectivity index (χ1n) is 3.18. The van der Waals surface area contributed by atoms with Crippen LogP contribution in [0, 0.1) is 11.3 Å². The maximum Gasteiger partial charge on any atom is 0.128 e. The third kappa shape index (κ3) is 1.77. The highest BCUT2D eigenvalue weighted by Gasteiger charge is 1.98. The number of benzene rings is 1. The summed E-state index contributed by atoms with van der Waals surface area (Å²) in [6, 6.07) is 8.46. The number of nitriles is 1. The number of nitrogens with zero attached hydrogens (tertiary/aromatic N) is 1. The highest BCUT2D eigenvalue weighted by atomic mass is 16.3. The summed E-state index contributed by atoms with van der Waals surface area (Å²) in [7, 11) is 0. The van der Waals surface area contributed by atoms with Crippen LogP contribution in [0.2, 0.25) is 0 Å². The zero-order valence-corrected chi connectivity index (χ0v) is 5.86. The van der Waals surface area contributed by atoms with E-state index < -0.39 is 6.23 Å². The molecule has 0 aromatic heterocycles. The predicted octanol–water partition coefficient (Wildman–Crippen LogP) is 0.508. The van der Waals surface area contributed by atoms with Gasteiger partial charge in [0.05, 0.1) is 11.6 Å². The van der Waals surface area contributed by atoms with E-state index in [0.717, 1.165) is 0 Å². The number of hydrogen-bond donors (Lipinski definition) is 2. The van der Waals surface area contributed by atoms with Crippen LogP contribution in [0.1, 0.15) is 17.4 Å². The molecule has 1 unspecified atom stereocenters. The molecule has 3 N–H and O–H groups in total. The first-order chi connectivity index (χ1) is 5.24. The Labute approximate surface area is 64.7 Å². The average molecular weight is 148 g/mol. The van der Waals surface area contributed by atoms with Gasteiger partial charge in [0.1, 0.15) is 6.23 Å². The van der Waals surface area contributed by atoms with E-state index >= 15 is 0 Å². The summed E-state index contributed by atoms with van der Waals surface area (Å²) in [5.41, 5.74) is 6.36. The first kappa shape index (κ1) is 7.73. The van der Waals surface area contributed by atoms with E-state index in [-0.39, 0.29) is 0 Å². The molecule has 0 aliphatic rings. The molecule has 1 rings (SSSR count). The first-order valence-corrected chi connectivity index (χ1v) is 3.18. The second kappa shape index (κ2) is 3.15. The van der Waals surface area contributed by atoms with E-state index in [1.807, 2.05) is 6.07 Å². The Morgan fingerprint density at radius 2 is 1.91 bits per heavy atom. The molecule has 0 fully saturated rings. The number of nitrogens with two attached hydrogens (primary N) is 1. The molecule has 0 aliphatic carbocycles. The maximum absolute atomic E-state index is 8.88. The smallest absolute Gasteiger partial charge is 0.128 e. The van der Waals surface area contributed by atoms with Crippen LogP contribution in [0.5, 0.6) is 0 Å². The van der Waals surface area contributed by atoms with Crippen LogP contribution in [-0.4, -0.2) is 5.11 Å². The lowest BCUT2D eigenvalue weighted by Crippen LogP contribution is -2.07. The zero-order valence-electron chi connectivity index (χ0n) is 5.86. The Kier molecular flexibility index (Phi) is 2.21. The van der Waals surface area contributed by atoms with Crippen molar-refractivity contribution >= 4 is 0 Å². The van der Waals surface area contributed by atoms with Crippen LogP contribution < -0.4 is 5.73 Å². The van der Waals surface area contributed by atoms with Gasteiger partial charge in [0, 0.05) is 0 Å². The minimum Gasteiger partial charge on any atom is -0.375 e. The Morgan fingerprint density at radius 1 is 1.36 bits per heavy atom. The van der Waals surface area contributed by atoms with Crippen molar-refractivity contribution in [3.8, 4) is 6.07 Å². The Hall–Kier alpha value is -1.37. The van der Waals surface area contributed by atoms with Crippen molar-refractivity contribution in [1.29, 1.82) is 5.26 Å². The molecule has 0 radical (unpaired) electrons. The van der Waals surface area contributed by atoms with Gasteiger partial charge in [0.15, 0.2) is 0 Å². The molecule has 0 saturated heterocycles. The van der Waals surface area contributed by atoms with Gasteiger partial charge in [-0.2, -0.15) is 5.26 Å². The number of hydrogen-bond acceptors (Lipinski definition) is 3. The number of rotatable bonds is 1. The van der Waals surface area contributed by atoms with Crippen LogP contribution in [0.3, 0.4) is 0 Å². The Balaban J connectivity index is 2.94. The van der Waals surface area contributed by atoms with Crippen LogP contribution in [-0.2, 0) is 0 Å². The van der Waals surface area contributed by atoms with Gasteiger partial charge in [-0.15, -0.1) is 0 Å². The van der Waals surface area contributed by atoms with E-state index in [1.54, 1.807) is 24.3 Å². The van der Waals surface area contributed by atoms with Gasteiger partial charge in [0.2, 0.25) is 0 Å². The van der Waals surface area contributed by atoms with Gasteiger partial charge in [-0.25, -0.2) is 0 Å². The van der Waals surface area contributed by atoms with E-state index in [2.05, 4.69) is 0 Å². The third-order valence-electron chi connectivity index (χ3n) is 1.38. The fraction of sp³-hybridized carbons (Fsp3) is 0.125. The van der Waals surface area contributed by atoms with E-state index in [4.69, 9.17) is 16.1 Å². The minimum atomic E-state index is -0.956. The van der Waals surface area contributed by atoms with Crippen molar-refractivity contribution < 1.29 is 5.11 Å². The summed E-state index contributed by atoms with van der Waals surface area (Å²) < 4.78 is 0. The van der Waals surface area contributed by atoms with Crippen LogP contribution in [0.4, 0.5) is 0 Å². The lowest BCUT2D eigenvalue weighted by Gasteiger charge is -2.02. The lowest BCUT2D eigenvalue weighted by molar-refractivity contribution is 0.186. The van der Waals surface area contributed by atoms with Gasteiger partial charge in [-0.3, -0.25) is 0 Å². The molecule has 0 spiro atoms. The zero-order chi connectivity index (χ0) is 8.27. The highest BCUT2D eigenvalue weighted by Crippen LogP contribution is 2.07. The molecule has 0 amide bonds. The SMILES string of the molecule is N#Cc1ccc(C(N)O)cc1. The number of aliphatic hydroxyl groups excluding tert-OH is 1. The fourth-order valence-electron chi connectivity index (χ4n) is 0.755. The second-order valence-corrected chi connectivity index (χ2v) is 2.18. The quantitative estimate of drug-likeness (QED) is 0.570. The van der Waals surface area contributed by atoms with Crippen molar-refractivity contribution in [3.63, 3.8) is 0 Å². The third-order valence-corrected chi connectivity index (χ3v) is 1.38. The molecule has 3 heteroatoms. The van der Waals surface area contributed by atoms with Crippen molar-refractivity contribution in [2.75, 3.05) is 0 Å². The molecule has 1 aromatic carbocycles. The molecule has 1 atom stereocenters. The van der Waals surface area contributed by atoms with Crippen LogP contribution in [0.25, 0.3) is 0 Å². The summed E-state index contributed by atoms with van der Waals surface area (Å²) in [5.74, 6) is 0. The number of aliphatic hydroxyl groups is 1. The topological polar surface area (TPSA) is 70.0 Å². The molecule has 3 nitrogen and oxygen atoms in total. The van der Waals surface area contributed by atoms with Crippen LogP contribution in [0.15, 0.2) is 24.3 Å². The summed E-state index contributed by atoms with van der Waals surface area (Å²) in [6.07, 6.45) is -0.956. The molecule has 11 heavy (non-hydrogen) atoms. The van der Waals surface area contributed by atoms with Gasteiger partial charge >= 0.3 is 0 Å². The van der Waals surface area contributed by atoms with Crippen molar-refractivity contribution in [1.82, 2.24) is 0 Å². The normalized spacial score (nSPS) is 12.1. The van der Waals surface area contributed by atoms with Crippen molar-refractivity contribution in [3.05, 3.63) is 35.4 Å². The molecule has 0 heterocycles. The summed E-state index contributed by atoms with van der Waals surface area (Å²) >= 11 is 0. The molecule has 0 aliphatic heterocycles. The standard InChI is InChI=1S/C8H8N2O/c9-5-6-1-3-7(4-2-6)8(10)11/h1-4,8,11H,10H2. The largest absolute Gasteiger partial charge is 0.375 e. The molecular formula is C8H8N2O. The summed E-state index contributed by atoms with van der Waals surface area (Å²) in [5, 5.41) is 17.3. The maximum atomic E-state index is 8.88. The van der Waals surface area contributed by atoms with Gasteiger partial charge in [0.25, 0.3) is 0 Å². The summed E-state index contributed by atoms with van der Waals surface area (Å²) in [4.78, 5) is 0. The monoisotopic (exact) mass is 148 g/mol. The fourth-order valence-corrected chi connectivity index (χ4v) is 0.755. The van der Waals surface area contributed by atoms with E-state index in [9.17, 15) is 0 Å². The molecular weight excluding hydrogens is 140 g/mol. The molecule has 56 valence electrons. The predicted molar refractivity (Wildman–Crippen MR) is 40.3 cm³/mol. The second-order valence-electron chi connectivity index (χ2n) is 2.18. The van der Waals surface area contributed by atoms with Crippen LogP contribution >= 0.6 is 0 Å². The molecule has 1 aromatic rings. The minimum absolute atomic E-state index is 0.564. The average Bonchev–Trinajstić information content (AvgIpc) is 2.05. The Bertz CT molecular complexity index is 271. The lowest BCUT2D eigenvalue weighted by atomic mass is 10.1. The van der Waals surface area contributed by atoms with Crippen molar-refractivity contribution in [2.45, 2.75) is 6.23 Å². The highest BCUT2D eigenvalue weighted by molar-refractivity contribution is 5.32. The Morgan fingerprint density at radius 3 is 2.27 bits per heavy atom.